The molecule has 0 unspecified atom stereocenters. The molecule has 1 saturated heterocycles. The molecule has 1 aliphatic rings. The van der Waals surface area contributed by atoms with Crippen molar-refractivity contribution >= 4 is 40.4 Å². The van der Waals surface area contributed by atoms with E-state index in [1.165, 1.54) is 11.3 Å². The van der Waals surface area contributed by atoms with E-state index in [0.29, 0.717) is 39.6 Å². The van der Waals surface area contributed by atoms with Gasteiger partial charge in [-0.2, -0.15) is 0 Å². The smallest absolute Gasteiger partial charge is 0.270 e. The molecule has 1 fully saturated rings. The van der Waals surface area contributed by atoms with Gasteiger partial charge in [0, 0.05) is 29.1 Å². The summed E-state index contributed by atoms with van der Waals surface area (Å²) in [4.78, 5) is 16.8. The number of ether oxygens (including phenoxy) is 2. The quantitative estimate of drug-likeness (QED) is 0.495. The summed E-state index contributed by atoms with van der Waals surface area (Å²) >= 11 is 13.7. The van der Waals surface area contributed by atoms with Crippen molar-refractivity contribution in [1.29, 1.82) is 0 Å². The number of halogens is 2. The Kier molecular flexibility index (Phi) is 6.89. The second-order valence-corrected chi connectivity index (χ2v) is 8.64. The second kappa shape index (κ2) is 9.79. The summed E-state index contributed by atoms with van der Waals surface area (Å²) < 4.78 is 11.3. The van der Waals surface area contributed by atoms with Gasteiger partial charge >= 0.3 is 0 Å². The average Bonchev–Trinajstić information content (AvgIpc) is 3.44. The summed E-state index contributed by atoms with van der Waals surface area (Å²) in [6.07, 6.45) is 2.12. The molecule has 0 spiro atoms. The van der Waals surface area contributed by atoms with Gasteiger partial charge in [-0.15, -0.1) is 11.3 Å². The molecule has 1 aromatic heterocycles. The SMILES string of the molecule is O=C(NC[C@H]1CCCO1)c1csc(-c2ccc(OCc3ccc(Cl)cc3)cc2Cl)n1. The van der Waals surface area contributed by atoms with E-state index in [1.807, 2.05) is 36.4 Å². The lowest BCUT2D eigenvalue weighted by molar-refractivity contribution is 0.0854. The molecule has 1 N–H and O–H groups in total. The van der Waals surface area contributed by atoms with Gasteiger partial charge in [0.1, 0.15) is 23.1 Å². The molecular formula is C22H20Cl2N2O3S. The third-order valence-corrected chi connectivity index (χ3v) is 6.18. The second-order valence-electron chi connectivity index (χ2n) is 6.94. The van der Waals surface area contributed by atoms with Crippen LogP contribution in [0.3, 0.4) is 0 Å². The minimum Gasteiger partial charge on any atom is -0.489 e. The molecule has 3 aromatic rings. The van der Waals surface area contributed by atoms with Crippen molar-refractivity contribution in [3.05, 3.63) is 69.1 Å². The third kappa shape index (κ3) is 5.32. The number of hydrogen-bond acceptors (Lipinski definition) is 5. The van der Waals surface area contributed by atoms with E-state index in [9.17, 15) is 4.79 Å². The number of aromatic nitrogens is 1. The van der Waals surface area contributed by atoms with Crippen LogP contribution in [0.2, 0.25) is 10.0 Å². The highest BCUT2D eigenvalue weighted by Gasteiger charge is 2.18. The number of benzene rings is 2. The fraction of sp³-hybridized carbons (Fsp3) is 0.273. The van der Waals surface area contributed by atoms with Crippen LogP contribution < -0.4 is 10.1 Å². The van der Waals surface area contributed by atoms with E-state index in [1.54, 1.807) is 11.4 Å². The normalized spacial score (nSPS) is 15.9. The molecule has 1 aliphatic heterocycles. The van der Waals surface area contributed by atoms with Crippen molar-refractivity contribution in [2.45, 2.75) is 25.6 Å². The highest BCUT2D eigenvalue weighted by Crippen LogP contribution is 2.33. The lowest BCUT2D eigenvalue weighted by atomic mass is 10.2. The molecule has 0 aliphatic carbocycles. The number of thiazole rings is 1. The van der Waals surface area contributed by atoms with Crippen LogP contribution in [0.5, 0.6) is 5.75 Å². The van der Waals surface area contributed by atoms with Crippen LogP contribution in [-0.4, -0.2) is 30.1 Å². The van der Waals surface area contributed by atoms with E-state index in [4.69, 9.17) is 32.7 Å². The Morgan fingerprint density at radius 3 is 2.80 bits per heavy atom. The zero-order chi connectivity index (χ0) is 20.9. The molecule has 5 nitrogen and oxygen atoms in total. The van der Waals surface area contributed by atoms with Gasteiger partial charge in [0.15, 0.2) is 0 Å². The first kappa shape index (κ1) is 21.1. The van der Waals surface area contributed by atoms with Crippen LogP contribution >= 0.6 is 34.5 Å². The number of nitrogens with zero attached hydrogens (tertiary/aromatic N) is 1. The molecular weight excluding hydrogens is 443 g/mol. The zero-order valence-electron chi connectivity index (χ0n) is 16.1. The third-order valence-electron chi connectivity index (χ3n) is 4.74. The zero-order valence-corrected chi connectivity index (χ0v) is 18.4. The van der Waals surface area contributed by atoms with Crippen LogP contribution in [0.25, 0.3) is 10.6 Å². The average molecular weight is 463 g/mol. The highest BCUT2D eigenvalue weighted by molar-refractivity contribution is 7.13. The van der Waals surface area contributed by atoms with Crippen LogP contribution in [0, 0.1) is 0 Å². The van der Waals surface area contributed by atoms with Crippen molar-refractivity contribution < 1.29 is 14.3 Å². The van der Waals surface area contributed by atoms with Crippen LogP contribution in [-0.2, 0) is 11.3 Å². The molecule has 8 heteroatoms. The number of nitrogens with one attached hydrogen (secondary N) is 1. The van der Waals surface area contributed by atoms with Crippen LogP contribution in [0.4, 0.5) is 0 Å². The first-order valence-corrected chi connectivity index (χ1v) is 11.2. The standard InChI is InChI=1S/C22H20Cl2N2O3S/c23-15-5-3-14(4-6-15)12-29-16-7-8-18(19(24)10-16)22-26-20(13-30-22)21(27)25-11-17-2-1-9-28-17/h3-8,10,13,17H,1-2,9,11-12H2,(H,25,27)/t17-/m1/s1. The maximum atomic E-state index is 12.3. The summed E-state index contributed by atoms with van der Waals surface area (Å²) in [5.41, 5.74) is 2.16. The lowest BCUT2D eigenvalue weighted by Gasteiger charge is -2.09. The minimum atomic E-state index is -0.202. The van der Waals surface area contributed by atoms with E-state index in [2.05, 4.69) is 10.3 Å². The Morgan fingerprint density at radius 1 is 1.23 bits per heavy atom. The van der Waals surface area contributed by atoms with Crippen LogP contribution in [0.15, 0.2) is 47.8 Å². The number of amides is 1. The highest BCUT2D eigenvalue weighted by atomic mass is 35.5. The molecule has 4 rings (SSSR count). The van der Waals surface area contributed by atoms with Crippen molar-refractivity contribution in [2.24, 2.45) is 0 Å². The summed E-state index contributed by atoms with van der Waals surface area (Å²) in [7, 11) is 0. The first-order valence-electron chi connectivity index (χ1n) is 9.61. The molecule has 30 heavy (non-hydrogen) atoms. The summed E-state index contributed by atoms with van der Waals surface area (Å²) in [5.74, 6) is 0.455. The number of carbonyl (C=O) groups is 1. The van der Waals surface area contributed by atoms with E-state index >= 15 is 0 Å². The minimum absolute atomic E-state index is 0.0990. The van der Waals surface area contributed by atoms with Gasteiger partial charge in [-0.25, -0.2) is 4.98 Å². The van der Waals surface area contributed by atoms with E-state index < -0.39 is 0 Å². The summed E-state index contributed by atoms with van der Waals surface area (Å²) in [5, 5.41) is 6.52. The fourth-order valence-corrected chi connectivity index (χ4v) is 4.39. The molecule has 156 valence electrons. The molecule has 2 heterocycles. The van der Waals surface area contributed by atoms with Crippen molar-refractivity contribution in [3.8, 4) is 16.3 Å². The largest absolute Gasteiger partial charge is 0.489 e. The molecule has 1 amide bonds. The Bertz CT molecular complexity index is 1020. The Hall–Kier alpha value is -2.12. The van der Waals surface area contributed by atoms with Gasteiger partial charge in [-0.1, -0.05) is 35.3 Å². The maximum absolute atomic E-state index is 12.3. The summed E-state index contributed by atoms with van der Waals surface area (Å²) in [6.45, 7) is 1.69. The number of carbonyl (C=O) groups excluding carboxylic acids is 1. The van der Waals surface area contributed by atoms with Gasteiger partial charge in [-0.3, -0.25) is 4.79 Å². The molecule has 2 aromatic carbocycles. The Balaban J connectivity index is 1.38. The lowest BCUT2D eigenvalue weighted by Crippen LogP contribution is -2.31. The van der Waals surface area contributed by atoms with Crippen molar-refractivity contribution in [2.75, 3.05) is 13.2 Å². The predicted octanol–water partition coefficient (Wildman–Crippen LogP) is 5.60. The van der Waals surface area contributed by atoms with Crippen molar-refractivity contribution in [1.82, 2.24) is 10.3 Å². The molecule has 0 saturated carbocycles. The fourth-order valence-electron chi connectivity index (χ4n) is 3.11. The van der Waals surface area contributed by atoms with Crippen LogP contribution in [0.1, 0.15) is 28.9 Å². The van der Waals surface area contributed by atoms with Gasteiger partial charge in [-0.05, 0) is 48.7 Å². The first-order chi connectivity index (χ1) is 14.6. The number of rotatable bonds is 7. The molecule has 1 atom stereocenters. The van der Waals surface area contributed by atoms with Gasteiger partial charge < -0.3 is 14.8 Å². The Labute approximate surface area is 188 Å². The van der Waals surface area contributed by atoms with Crippen molar-refractivity contribution in [3.63, 3.8) is 0 Å². The summed E-state index contributed by atoms with van der Waals surface area (Å²) in [6, 6.07) is 12.9. The van der Waals surface area contributed by atoms with Gasteiger partial charge in [0.25, 0.3) is 5.91 Å². The Morgan fingerprint density at radius 2 is 2.07 bits per heavy atom. The van der Waals surface area contributed by atoms with Gasteiger partial charge in [0.2, 0.25) is 0 Å². The number of hydrogen-bond donors (Lipinski definition) is 1. The molecule has 0 radical (unpaired) electrons. The van der Waals surface area contributed by atoms with Gasteiger partial charge in [0.05, 0.1) is 11.1 Å². The monoisotopic (exact) mass is 462 g/mol. The van der Waals surface area contributed by atoms with E-state index in [-0.39, 0.29) is 12.0 Å². The predicted molar refractivity (Wildman–Crippen MR) is 120 cm³/mol. The maximum Gasteiger partial charge on any atom is 0.270 e. The molecule has 0 bridgehead atoms. The van der Waals surface area contributed by atoms with E-state index in [0.717, 1.165) is 30.6 Å². The topological polar surface area (TPSA) is 60.5 Å².